The van der Waals surface area contributed by atoms with E-state index in [2.05, 4.69) is 18.8 Å². The zero-order chi connectivity index (χ0) is 11.7. The Morgan fingerprint density at radius 3 is 2.94 bits per heavy atom. The quantitative estimate of drug-likeness (QED) is 0.768. The predicted octanol–water partition coefficient (Wildman–Crippen LogP) is 3.00. The first-order valence-corrected chi connectivity index (χ1v) is 5.62. The fourth-order valence-electron chi connectivity index (χ4n) is 1.78. The topological polar surface area (TPSA) is 34.4 Å². The van der Waals surface area contributed by atoms with Gasteiger partial charge in [0, 0.05) is 18.2 Å². The Labute approximate surface area is 99.1 Å². The number of aromatic nitrogens is 2. The van der Waals surface area contributed by atoms with Crippen LogP contribution in [-0.2, 0) is 6.42 Å². The number of rotatable bonds is 3. The van der Waals surface area contributed by atoms with Gasteiger partial charge in [-0.2, -0.15) is 0 Å². The highest BCUT2D eigenvalue weighted by molar-refractivity contribution is 6.33. The molecule has 0 bridgehead atoms. The number of fused-ring (bicyclic) bond motifs is 1. The van der Waals surface area contributed by atoms with Crippen LogP contribution in [0.4, 0.5) is 0 Å². The van der Waals surface area contributed by atoms with Gasteiger partial charge in [0.25, 0.3) is 0 Å². The van der Waals surface area contributed by atoms with Gasteiger partial charge in [-0.3, -0.25) is 4.79 Å². The van der Waals surface area contributed by atoms with Crippen LogP contribution in [0, 0.1) is 5.92 Å². The maximum absolute atomic E-state index is 10.9. The van der Waals surface area contributed by atoms with E-state index in [4.69, 9.17) is 11.6 Å². The number of halogens is 1. The third-order valence-electron chi connectivity index (χ3n) is 2.44. The van der Waals surface area contributed by atoms with Crippen molar-refractivity contribution in [3.63, 3.8) is 0 Å². The Hall–Kier alpha value is -1.35. The molecule has 0 atom stereocenters. The molecule has 2 aromatic heterocycles. The molecule has 0 radical (unpaired) electrons. The van der Waals surface area contributed by atoms with Crippen molar-refractivity contribution in [2.24, 2.45) is 5.92 Å². The van der Waals surface area contributed by atoms with Gasteiger partial charge in [0.2, 0.25) is 0 Å². The van der Waals surface area contributed by atoms with Crippen LogP contribution in [0.25, 0.3) is 5.52 Å². The lowest BCUT2D eigenvalue weighted by molar-refractivity contribution is 0.112. The molecule has 0 amide bonds. The number of nitrogens with zero attached hydrogens (tertiary/aromatic N) is 2. The molecule has 2 heterocycles. The fraction of sp³-hybridized carbons (Fsp3) is 0.333. The summed E-state index contributed by atoms with van der Waals surface area (Å²) >= 11 is 6.05. The van der Waals surface area contributed by atoms with Gasteiger partial charge in [0.15, 0.2) is 11.4 Å². The predicted molar refractivity (Wildman–Crippen MR) is 64.1 cm³/mol. The van der Waals surface area contributed by atoms with Crippen molar-refractivity contribution < 1.29 is 4.79 Å². The largest absolute Gasteiger partial charge is 0.302 e. The second kappa shape index (κ2) is 4.26. The number of imidazole rings is 1. The highest BCUT2D eigenvalue weighted by atomic mass is 35.5. The summed E-state index contributed by atoms with van der Waals surface area (Å²) in [6.07, 6.45) is 3.54. The first-order valence-electron chi connectivity index (χ1n) is 5.24. The standard InChI is InChI=1S/C12H13ClN2O/c1-8(2)6-10-14-12(13)11-9(7-16)4-3-5-15(10)11/h3-5,7-8H,6H2,1-2H3. The molecular formula is C12H13ClN2O. The molecular weight excluding hydrogens is 224 g/mol. The van der Waals surface area contributed by atoms with E-state index in [0.717, 1.165) is 18.5 Å². The molecule has 3 nitrogen and oxygen atoms in total. The van der Waals surface area contributed by atoms with Crippen molar-refractivity contribution in [1.29, 1.82) is 0 Å². The molecule has 0 fully saturated rings. The molecule has 0 unspecified atom stereocenters. The van der Waals surface area contributed by atoms with E-state index in [0.29, 0.717) is 22.2 Å². The SMILES string of the molecule is CC(C)Cc1nc(Cl)c2c(C=O)cccn12. The summed E-state index contributed by atoms with van der Waals surface area (Å²) in [6, 6.07) is 3.58. The normalized spacial score (nSPS) is 11.2. The number of pyridine rings is 1. The van der Waals surface area contributed by atoms with E-state index in [-0.39, 0.29) is 0 Å². The Bertz CT molecular complexity index is 531. The van der Waals surface area contributed by atoms with Gasteiger partial charge in [-0.1, -0.05) is 25.4 Å². The number of hydrogen-bond acceptors (Lipinski definition) is 2. The number of carbonyl (C=O) groups is 1. The van der Waals surface area contributed by atoms with Crippen molar-refractivity contribution in [2.75, 3.05) is 0 Å². The Morgan fingerprint density at radius 2 is 2.31 bits per heavy atom. The van der Waals surface area contributed by atoms with Crippen LogP contribution in [0.15, 0.2) is 18.3 Å². The Kier molecular flexibility index (Phi) is 2.97. The van der Waals surface area contributed by atoms with E-state index < -0.39 is 0 Å². The summed E-state index contributed by atoms with van der Waals surface area (Å²) in [4.78, 5) is 15.2. The lowest BCUT2D eigenvalue weighted by Crippen LogP contribution is -2.00. The van der Waals surface area contributed by atoms with Gasteiger partial charge in [-0.05, 0) is 18.1 Å². The van der Waals surface area contributed by atoms with Crippen molar-refractivity contribution in [2.45, 2.75) is 20.3 Å². The van der Waals surface area contributed by atoms with E-state index in [9.17, 15) is 4.79 Å². The highest BCUT2D eigenvalue weighted by Crippen LogP contribution is 2.22. The van der Waals surface area contributed by atoms with Gasteiger partial charge < -0.3 is 4.40 Å². The minimum Gasteiger partial charge on any atom is -0.302 e. The number of hydrogen-bond donors (Lipinski definition) is 0. The summed E-state index contributed by atoms with van der Waals surface area (Å²) in [5.74, 6) is 1.40. The second-order valence-electron chi connectivity index (χ2n) is 4.22. The molecule has 0 spiro atoms. The smallest absolute Gasteiger partial charge is 0.155 e. The van der Waals surface area contributed by atoms with E-state index in [1.807, 2.05) is 16.7 Å². The molecule has 0 aliphatic carbocycles. The minimum absolute atomic E-state index is 0.401. The number of aldehydes is 1. The van der Waals surface area contributed by atoms with Crippen LogP contribution in [0.3, 0.4) is 0 Å². The molecule has 16 heavy (non-hydrogen) atoms. The zero-order valence-corrected chi connectivity index (χ0v) is 10.0. The van der Waals surface area contributed by atoms with Gasteiger partial charge >= 0.3 is 0 Å². The average molecular weight is 237 g/mol. The molecule has 0 saturated heterocycles. The molecule has 2 rings (SSSR count). The average Bonchev–Trinajstić information content (AvgIpc) is 2.55. The maximum atomic E-state index is 10.9. The highest BCUT2D eigenvalue weighted by Gasteiger charge is 2.13. The molecule has 0 N–H and O–H groups in total. The summed E-state index contributed by atoms with van der Waals surface area (Å²) in [7, 11) is 0. The van der Waals surface area contributed by atoms with E-state index in [1.165, 1.54) is 0 Å². The molecule has 0 aromatic carbocycles. The van der Waals surface area contributed by atoms with Crippen molar-refractivity contribution in [3.8, 4) is 0 Å². The van der Waals surface area contributed by atoms with Crippen LogP contribution in [-0.4, -0.2) is 15.7 Å². The lowest BCUT2D eigenvalue weighted by Gasteiger charge is -2.04. The second-order valence-corrected chi connectivity index (χ2v) is 4.57. The zero-order valence-electron chi connectivity index (χ0n) is 9.27. The Balaban J connectivity index is 2.66. The monoisotopic (exact) mass is 236 g/mol. The lowest BCUT2D eigenvalue weighted by atomic mass is 10.1. The van der Waals surface area contributed by atoms with E-state index >= 15 is 0 Å². The van der Waals surface area contributed by atoms with Gasteiger partial charge in [0.1, 0.15) is 5.82 Å². The molecule has 0 saturated carbocycles. The third-order valence-corrected chi connectivity index (χ3v) is 2.71. The van der Waals surface area contributed by atoms with Crippen LogP contribution in [0.1, 0.15) is 30.0 Å². The Morgan fingerprint density at radius 1 is 1.56 bits per heavy atom. The summed E-state index contributed by atoms with van der Waals surface area (Å²) in [5.41, 5.74) is 1.28. The molecule has 0 aliphatic heterocycles. The summed E-state index contributed by atoms with van der Waals surface area (Å²) in [5, 5.41) is 0.401. The summed E-state index contributed by atoms with van der Waals surface area (Å²) < 4.78 is 1.89. The fourth-order valence-corrected chi connectivity index (χ4v) is 2.08. The van der Waals surface area contributed by atoms with Gasteiger partial charge in [0.05, 0.1) is 5.52 Å². The van der Waals surface area contributed by atoms with Crippen LogP contribution in [0.2, 0.25) is 5.15 Å². The van der Waals surface area contributed by atoms with Crippen molar-refractivity contribution >= 4 is 23.4 Å². The molecule has 0 aliphatic rings. The van der Waals surface area contributed by atoms with Crippen LogP contribution in [0.5, 0.6) is 0 Å². The van der Waals surface area contributed by atoms with Crippen LogP contribution >= 0.6 is 11.6 Å². The van der Waals surface area contributed by atoms with Gasteiger partial charge in [-0.25, -0.2) is 4.98 Å². The third kappa shape index (κ3) is 1.83. The molecule has 84 valence electrons. The van der Waals surface area contributed by atoms with Gasteiger partial charge in [-0.15, -0.1) is 0 Å². The molecule has 4 heteroatoms. The summed E-state index contributed by atoms with van der Waals surface area (Å²) in [6.45, 7) is 4.25. The van der Waals surface area contributed by atoms with E-state index in [1.54, 1.807) is 6.07 Å². The number of carbonyl (C=O) groups excluding carboxylic acids is 1. The van der Waals surface area contributed by atoms with Crippen molar-refractivity contribution in [3.05, 3.63) is 34.9 Å². The first kappa shape index (κ1) is 11.1. The minimum atomic E-state index is 0.401. The first-order chi connectivity index (χ1) is 7.63. The van der Waals surface area contributed by atoms with Crippen LogP contribution < -0.4 is 0 Å². The van der Waals surface area contributed by atoms with Crippen molar-refractivity contribution in [1.82, 2.24) is 9.38 Å². The maximum Gasteiger partial charge on any atom is 0.155 e. The molecule has 2 aromatic rings.